The van der Waals surface area contributed by atoms with E-state index in [0.29, 0.717) is 0 Å². The first-order chi connectivity index (χ1) is 7.22. The van der Waals surface area contributed by atoms with E-state index in [4.69, 9.17) is 0 Å². The van der Waals surface area contributed by atoms with E-state index in [0.717, 1.165) is 5.69 Å². The van der Waals surface area contributed by atoms with Gasteiger partial charge in [0.05, 0.1) is 10.6 Å². The van der Waals surface area contributed by atoms with Crippen LogP contribution in [0.1, 0.15) is 18.7 Å². The Labute approximate surface area is 93.8 Å². The van der Waals surface area contributed by atoms with E-state index in [9.17, 15) is 0 Å². The van der Waals surface area contributed by atoms with Crippen LogP contribution in [0.15, 0.2) is 34.8 Å². The smallest absolute Gasteiger partial charge is 0.0881 e. The highest BCUT2D eigenvalue weighted by Crippen LogP contribution is 2.38. The molecule has 2 rings (SSSR count). The van der Waals surface area contributed by atoms with E-state index in [-0.39, 0.29) is 0 Å². The second kappa shape index (κ2) is 3.99. The van der Waals surface area contributed by atoms with Gasteiger partial charge in [0.2, 0.25) is 0 Å². The largest absolute Gasteiger partial charge is 0.262 e. The molecule has 0 bridgehead atoms. The highest BCUT2D eigenvalue weighted by molar-refractivity contribution is 7.20. The summed E-state index contributed by atoms with van der Waals surface area (Å²) in [7, 11) is 0. The molecule has 0 atom stereocenters. The zero-order valence-electron chi connectivity index (χ0n) is 8.95. The normalized spacial score (nSPS) is 10.3. The van der Waals surface area contributed by atoms with Gasteiger partial charge in [0, 0.05) is 10.1 Å². The molecule has 0 radical (unpaired) electrons. The molecule has 0 fully saturated rings. The molecule has 1 aromatic carbocycles. The maximum atomic E-state index is 4.13. The Kier molecular flexibility index (Phi) is 2.69. The minimum Gasteiger partial charge on any atom is -0.262 e. The average Bonchev–Trinajstić information content (AvgIpc) is 2.53. The van der Waals surface area contributed by atoms with Crippen LogP contribution in [0.3, 0.4) is 0 Å². The molecule has 0 spiro atoms. The van der Waals surface area contributed by atoms with Crippen LogP contribution < -0.4 is 0 Å². The molecule has 0 aliphatic carbocycles. The van der Waals surface area contributed by atoms with Gasteiger partial charge in [0.25, 0.3) is 0 Å². The maximum absolute atomic E-state index is 4.13. The SMILES string of the molecule is C=Nc1c(C=C(C)C)sc2ccccc12. The number of hydrogen-bond donors (Lipinski definition) is 0. The molecule has 0 aliphatic rings. The second-order valence-corrected chi connectivity index (χ2v) is 4.77. The lowest BCUT2D eigenvalue weighted by atomic mass is 10.2. The molecule has 0 amide bonds. The number of aliphatic imine (C=N–C) groups is 1. The topological polar surface area (TPSA) is 12.4 Å². The number of thiophene rings is 1. The first kappa shape index (κ1) is 10.1. The first-order valence-electron chi connectivity index (χ1n) is 4.85. The maximum Gasteiger partial charge on any atom is 0.0881 e. The summed E-state index contributed by atoms with van der Waals surface area (Å²) in [5.41, 5.74) is 2.29. The van der Waals surface area contributed by atoms with E-state index in [1.165, 1.54) is 20.5 Å². The van der Waals surface area contributed by atoms with E-state index in [1.807, 2.05) is 6.07 Å². The summed E-state index contributed by atoms with van der Waals surface area (Å²) in [5.74, 6) is 0. The molecular formula is C13H13NS. The molecule has 0 saturated carbocycles. The van der Waals surface area contributed by atoms with Crippen molar-refractivity contribution in [3.05, 3.63) is 34.7 Å². The monoisotopic (exact) mass is 215 g/mol. The van der Waals surface area contributed by atoms with Gasteiger partial charge in [-0.05, 0) is 32.7 Å². The Morgan fingerprint density at radius 3 is 2.73 bits per heavy atom. The van der Waals surface area contributed by atoms with Gasteiger partial charge >= 0.3 is 0 Å². The number of fused-ring (bicyclic) bond motifs is 1. The molecule has 0 aliphatic heterocycles. The fourth-order valence-corrected chi connectivity index (χ4v) is 2.80. The lowest BCUT2D eigenvalue weighted by Gasteiger charge is -1.93. The summed E-state index contributed by atoms with van der Waals surface area (Å²) in [5, 5.41) is 1.20. The zero-order chi connectivity index (χ0) is 10.8. The fourth-order valence-electron chi connectivity index (χ4n) is 1.57. The van der Waals surface area contributed by atoms with Crippen molar-refractivity contribution in [3.8, 4) is 0 Å². The third-order valence-corrected chi connectivity index (χ3v) is 3.28. The highest BCUT2D eigenvalue weighted by Gasteiger charge is 2.07. The van der Waals surface area contributed by atoms with Crippen LogP contribution in [-0.2, 0) is 0 Å². The predicted molar refractivity (Wildman–Crippen MR) is 70.4 cm³/mol. The molecule has 1 aromatic heterocycles. The van der Waals surface area contributed by atoms with Gasteiger partial charge in [-0.25, -0.2) is 0 Å². The summed E-state index contributed by atoms with van der Waals surface area (Å²) < 4.78 is 1.27. The van der Waals surface area contributed by atoms with Gasteiger partial charge < -0.3 is 0 Å². The van der Waals surface area contributed by atoms with Gasteiger partial charge in [-0.2, -0.15) is 0 Å². The standard InChI is InChI=1S/C13H13NS/c1-9(2)8-12-13(14-3)10-6-4-5-7-11(10)15-12/h4-8H,3H2,1-2H3. The van der Waals surface area contributed by atoms with Crippen LogP contribution >= 0.6 is 11.3 Å². The number of benzene rings is 1. The lowest BCUT2D eigenvalue weighted by Crippen LogP contribution is -1.67. The Bertz CT molecular complexity index is 530. The lowest BCUT2D eigenvalue weighted by molar-refractivity contribution is 1.43. The number of allylic oxidation sites excluding steroid dienone is 1. The van der Waals surface area contributed by atoms with Gasteiger partial charge in [-0.3, -0.25) is 4.99 Å². The minimum atomic E-state index is 1.01. The number of hydrogen-bond acceptors (Lipinski definition) is 2. The van der Waals surface area contributed by atoms with Gasteiger partial charge in [0.15, 0.2) is 0 Å². The Morgan fingerprint density at radius 2 is 2.07 bits per heavy atom. The summed E-state index contributed by atoms with van der Waals surface area (Å²) in [4.78, 5) is 5.33. The number of rotatable bonds is 2. The molecular weight excluding hydrogens is 202 g/mol. The molecule has 0 saturated heterocycles. The quantitative estimate of drug-likeness (QED) is 0.646. The van der Waals surface area contributed by atoms with Gasteiger partial charge in [-0.1, -0.05) is 23.8 Å². The summed E-state index contributed by atoms with van der Waals surface area (Å²) in [6.07, 6.45) is 2.16. The molecule has 0 unspecified atom stereocenters. The third kappa shape index (κ3) is 1.85. The first-order valence-corrected chi connectivity index (χ1v) is 5.67. The van der Waals surface area contributed by atoms with Crippen LogP contribution in [-0.4, -0.2) is 6.72 Å². The van der Waals surface area contributed by atoms with Crippen LogP contribution in [0.2, 0.25) is 0 Å². The van der Waals surface area contributed by atoms with E-state index >= 15 is 0 Å². The summed E-state index contributed by atoms with van der Waals surface area (Å²) in [6.45, 7) is 7.84. The van der Waals surface area contributed by atoms with Crippen LogP contribution in [0.4, 0.5) is 5.69 Å². The van der Waals surface area contributed by atoms with Crippen molar-refractivity contribution < 1.29 is 0 Å². The molecule has 2 heteroatoms. The van der Waals surface area contributed by atoms with Crippen LogP contribution in [0.5, 0.6) is 0 Å². The zero-order valence-corrected chi connectivity index (χ0v) is 9.77. The second-order valence-electron chi connectivity index (χ2n) is 3.69. The highest BCUT2D eigenvalue weighted by atomic mass is 32.1. The fraction of sp³-hybridized carbons (Fsp3) is 0.154. The van der Waals surface area contributed by atoms with Crippen molar-refractivity contribution >= 4 is 39.9 Å². The Balaban J connectivity index is 2.75. The summed E-state index contributed by atoms with van der Waals surface area (Å²) >= 11 is 1.77. The van der Waals surface area contributed by atoms with Crippen molar-refractivity contribution in [1.82, 2.24) is 0 Å². The van der Waals surface area contributed by atoms with Crippen LogP contribution in [0, 0.1) is 0 Å². The van der Waals surface area contributed by atoms with Crippen molar-refractivity contribution in [2.45, 2.75) is 13.8 Å². The Hall–Kier alpha value is -1.41. The van der Waals surface area contributed by atoms with E-state index < -0.39 is 0 Å². The molecule has 2 aromatic rings. The van der Waals surface area contributed by atoms with Crippen molar-refractivity contribution in [2.75, 3.05) is 0 Å². The van der Waals surface area contributed by atoms with Crippen molar-refractivity contribution in [3.63, 3.8) is 0 Å². The van der Waals surface area contributed by atoms with E-state index in [2.05, 4.69) is 49.8 Å². The third-order valence-electron chi connectivity index (χ3n) is 2.17. The van der Waals surface area contributed by atoms with Crippen LogP contribution in [0.25, 0.3) is 16.2 Å². The van der Waals surface area contributed by atoms with Gasteiger partial charge in [-0.15, -0.1) is 11.3 Å². The summed E-state index contributed by atoms with van der Waals surface area (Å²) in [6, 6.07) is 8.31. The molecule has 76 valence electrons. The van der Waals surface area contributed by atoms with Crippen molar-refractivity contribution in [1.29, 1.82) is 0 Å². The average molecular weight is 215 g/mol. The van der Waals surface area contributed by atoms with Gasteiger partial charge in [0.1, 0.15) is 0 Å². The van der Waals surface area contributed by atoms with Crippen molar-refractivity contribution in [2.24, 2.45) is 4.99 Å². The molecule has 15 heavy (non-hydrogen) atoms. The Morgan fingerprint density at radius 1 is 1.33 bits per heavy atom. The molecule has 1 nitrogen and oxygen atoms in total. The molecule has 0 N–H and O–H groups in total. The minimum absolute atomic E-state index is 1.01. The number of nitrogens with zero attached hydrogens (tertiary/aromatic N) is 1. The molecule has 1 heterocycles. The predicted octanol–water partition coefficient (Wildman–Crippen LogP) is 4.66. The van der Waals surface area contributed by atoms with E-state index in [1.54, 1.807) is 11.3 Å².